The van der Waals surface area contributed by atoms with Crippen LogP contribution in [0.5, 0.6) is 0 Å². The zero-order valence-electron chi connectivity index (χ0n) is 14.9. The van der Waals surface area contributed by atoms with Crippen LogP contribution in [0.2, 0.25) is 0 Å². The van der Waals surface area contributed by atoms with Gasteiger partial charge in [0.15, 0.2) is 16.4 Å². The average Bonchev–Trinajstić information content (AvgIpc) is 2.59. The Bertz CT molecular complexity index is 902. The van der Waals surface area contributed by atoms with Crippen LogP contribution in [0.15, 0.2) is 53.4 Å². The van der Waals surface area contributed by atoms with Gasteiger partial charge in [-0.05, 0) is 41.8 Å². The molecule has 0 unspecified atom stereocenters. The van der Waals surface area contributed by atoms with Crippen molar-refractivity contribution in [2.24, 2.45) is 0 Å². The number of sulfone groups is 1. The Labute approximate surface area is 153 Å². The molecule has 0 radical (unpaired) electrons. The third-order valence-electron chi connectivity index (χ3n) is 3.69. The van der Waals surface area contributed by atoms with Crippen LogP contribution in [0, 0.1) is 0 Å². The van der Waals surface area contributed by atoms with Crippen molar-refractivity contribution in [1.29, 1.82) is 0 Å². The van der Waals surface area contributed by atoms with E-state index in [0.717, 1.165) is 11.8 Å². The van der Waals surface area contributed by atoms with Crippen molar-refractivity contribution in [1.82, 2.24) is 0 Å². The van der Waals surface area contributed by atoms with E-state index in [9.17, 15) is 18.0 Å². The van der Waals surface area contributed by atoms with Crippen molar-refractivity contribution >= 4 is 27.4 Å². The highest BCUT2D eigenvalue weighted by Gasteiger charge is 2.14. The van der Waals surface area contributed by atoms with Gasteiger partial charge in [0.05, 0.1) is 10.5 Å². The van der Waals surface area contributed by atoms with Crippen LogP contribution in [0.25, 0.3) is 0 Å². The molecule has 0 aliphatic rings. The smallest absolute Gasteiger partial charge is 0.338 e. The van der Waals surface area contributed by atoms with E-state index >= 15 is 0 Å². The van der Waals surface area contributed by atoms with Crippen molar-refractivity contribution in [3.63, 3.8) is 0 Å². The summed E-state index contributed by atoms with van der Waals surface area (Å²) >= 11 is 0. The lowest BCUT2D eigenvalue weighted by molar-refractivity contribution is -0.119. The third-order valence-corrected chi connectivity index (χ3v) is 4.80. The number of carbonyl (C=O) groups excluding carboxylic acids is 2. The highest BCUT2D eigenvalue weighted by Crippen LogP contribution is 2.17. The maximum Gasteiger partial charge on any atom is 0.338 e. The number of hydrogen-bond acceptors (Lipinski definition) is 5. The SMILES string of the molecule is CC(C)c1ccc(NC(=O)COC(=O)c2cccc(S(C)(=O)=O)c2)cc1. The minimum Gasteiger partial charge on any atom is -0.452 e. The lowest BCUT2D eigenvalue weighted by atomic mass is 10.0. The van der Waals surface area contributed by atoms with Crippen LogP contribution in [-0.2, 0) is 19.4 Å². The number of anilines is 1. The molecule has 1 N–H and O–H groups in total. The Morgan fingerprint density at radius 1 is 1.08 bits per heavy atom. The van der Waals surface area contributed by atoms with Crippen molar-refractivity contribution in [2.45, 2.75) is 24.7 Å². The van der Waals surface area contributed by atoms with Gasteiger partial charge in [-0.1, -0.05) is 32.0 Å². The number of carbonyl (C=O) groups is 2. The fraction of sp³-hybridized carbons (Fsp3) is 0.263. The zero-order chi connectivity index (χ0) is 19.3. The molecular formula is C19H21NO5S. The summed E-state index contributed by atoms with van der Waals surface area (Å²) < 4.78 is 28.0. The molecule has 0 heterocycles. The maximum atomic E-state index is 12.0. The van der Waals surface area contributed by atoms with Crippen LogP contribution in [0.3, 0.4) is 0 Å². The average molecular weight is 375 g/mol. The van der Waals surface area contributed by atoms with Gasteiger partial charge < -0.3 is 10.1 Å². The quantitative estimate of drug-likeness (QED) is 0.784. The van der Waals surface area contributed by atoms with E-state index in [1.807, 2.05) is 12.1 Å². The number of nitrogens with one attached hydrogen (secondary N) is 1. The minimum absolute atomic E-state index is 0.0154. The second-order valence-electron chi connectivity index (χ2n) is 6.20. The molecule has 0 atom stereocenters. The van der Waals surface area contributed by atoms with Crippen LogP contribution in [0.1, 0.15) is 35.7 Å². The van der Waals surface area contributed by atoms with E-state index < -0.39 is 28.3 Å². The second-order valence-corrected chi connectivity index (χ2v) is 8.22. The molecule has 0 saturated carbocycles. The standard InChI is InChI=1S/C19H21NO5S/c1-13(2)14-7-9-16(10-8-14)20-18(21)12-25-19(22)15-5-4-6-17(11-15)26(3,23)24/h4-11,13H,12H2,1-3H3,(H,20,21). The fourth-order valence-corrected chi connectivity index (χ4v) is 2.88. The van der Waals surface area contributed by atoms with E-state index in [4.69, 9.17) is 4.74 Å². The lowest BCUT2D eigenvalue weighted by Gasteiger charge is -2.09. The Hall–Kier alpha value is -2.67. The van der Waals surface area contributed by atoms with Crippen molar-refractivity contribution in [3.05, 3.63) is 59.7 Å². The molecule has 138 valence electrons. The highest BCUT2D eigenvalue weighted by atomic mass is 32.2. The zero-order valence-corrected chi connectivity index (χ0v) is 15.7. The first-order valence-electron chi connectivity index (χ1n) is 8.04. The Kier molecular flexibility index (Phi) is 6.15. The second kappa shape index (κ2) is 8.14. The predicted molar refractivity (Wildman–Crippen MR) is 99.0 cm³/mol. The molecule has 0 aliphatic carbocycles. The van der Waals surface area contributed by atoms with Crippen LogP contribution < -0.4 is 5.32 Å². The molecular weight excluding hydrogens is 354 g/mol. The fourth-order valence-electron chi connectivity index (χ4n) is 2.22. The first kappa shape index (κ1) is 19.7. The molecule has 0 bridgehead atoms. The summed E-state index contributed by atoms with van der Waals surface area (Å²) in [4.78, 5) is 23.9. The monoisotopic (exact) mass is 375 g/mol. The Morgan fingerprint density at radius 3 is 2.31 bits per heavy atom. The van der Waals surface area contributed by atoms with Crippen LogP contribution in [-0.4, -0.2) is 33.2 Å². The minimum atomic E-state index is -3.43. The summed E-state index contributed by atoms with van der Waals surface area (Å²) in [7, 11) is -3.43. The van der Waals surface area contributed by atoms with Gasteiger partial charge in [0.2, 0.25) is 0 Å². The summed E-state index contributed by atoms with van der Waals surface area (Å²) in [6.45, 7) is 3.69. The molecule has 26 heavy (non-hydrogen) atoms. The molecule has 0 spiro atoms. The van der Waals surface area contributed by atoms with Gasteiger partial charge >= 0.3 is 5.97 Å². The van der Waals surface area contributed by atoms with Crippen LogP contribution >= 0.6 is 0 Å². The Morgan fingerprint density at radius 2 is 1.73 bits per heavy atom. The molecule has 0 aliphatic heterocycles. The molecule has 2 aromatic rings. The molecule has 2 rings (SSSR count). The van der Waals surface area contributed by atoms with Gasteiger partial charge in [0.1, 0.15) is 0 Å². The molecule has 0 fully saturated rings. The normalized spacial score (nSPS) is 11.2. The van der Waals surface area contributed by atoms with Gasteiger partial charge in [0, 0.05) is 11.9 Å². The topological polar surface area (TPSA) is 89.5 Å². The first-order chi connectivity index (χ1) is 12.2. The van der Waals surface area contributed by atoms with Crippen molar-refractivity contribution in [3.8, 4) is 0 Å². The number of esters is 1. The lowest BCUT2D eigenvalue weighted by Crippen LogP contribution is -2.21. The van der Waals surface area contributed by atoms with E-state index in [1.54, 1.807) is 12.1 Å². The van der Waals surface area contributed by atoms with Gasteiger partial charge in [-0.3, -0.25) is 4.79 Å². The van der Waals surface area contributed by atoms with Crippen molar-refractivity contribution < 1.29 is 22.7 Å². The number of rotatable bonds is 6. The van der Waals surface area contributed by atoms with E-state index in [-0.39, 0.29) is 10.5 Å². The molecule has 6 nitrogen and oxygen atoms in total. The van der Waals surface area contributed by atoms with E-state index in [1.165, 1.54) is 24.3 Å². The molecule has 2 aromatic carbocycles. The van der Waals surface area contributed by atoms with Gasteiger partial charge in [-0.2, -0.15) is 0 Å². The number of amides is 1. The Balaban J connectivity index is 1.93. The molecule has 0 saturated heterocycles. The number of benzene rings is 2. The van der Waals surface area contributed by atoms with E-state index in [2.05, 4.69) is 19.2 Å². The summed E-state index contributed by atoms with van der Waals surface area (Å²) in [5.41, 5.74) is 1.83. The number of hydrogen-bond donors (Lipinski definition) is 1. The van der Waals surface area contributed by atoms with Gasteiger partial charge in [-0.25, -0.2) is 13.2 Å². The largest absolute Gasteiger partial charge is 0.452 e. The molecule has 1 amide bonds. The van der Waals surface area contributed by atoms with Crippen LogP contribution in [0.4, 0.5) is 5.69 Å². The summed E-state index contributed by atoms with van der Waals surface area (Å²) in [6, 6.07) is 12.9. The highest BCUT2D eigenvalue weighted by molar-refractivity contribution is 7.90. The van der Waals surface area contributed by atoms with Crippen molar-refractivity contribution in [2.75, 3.05) is 18.2 Å². The third kappa shape index (κ3) is 5.42. The first-order valence-corrected chi connectivity index (χ1v) is 9.93. The van der Waals surface area contributed by atoms with Gasteiger partial charge in [0.25, 0.3) is 5.91 Å². The summed E-state index contributed by atoms with van der Waals surface area (Å²) in [6.07, 6.45) is 1.05. The molecule has 0 aromatic heterocycles. The maximum absolute atomic E-state index is 12.0. The summed E-state index contributed by atoms with van der Waals surface area (Å²) in [5.74, 6) is -0.848. The van der Waals surface area contributed by atoms with Gasteiger partial charge in [-0.15, -0.1) is 0 Å². The predicted octanol–water partition coefficient (Wildman–Crippen LogP) is 3.01. The van der Waals surface area contributed by atoms with E-state index in [0.29, 0.717) is 11.6 Å². The number of ether oxygens (including phenoxy) is 1. The molecule has 7 heteroatoms. The summed E-state index contributed by atoms with van der Waals surface area (Å²) in [5, 5.41) is 2.64.